The highest BCUT2D eigenvalue weighted by Crippen LogP contribution is 2.31. The summed E-state index contributed by atoms with van der Waals surface area (Å²) in [5.74, 6) is 5.09. The average Bonchev–Trinajstić information content (AvgIpc) is 3.00. The highest BCUT2D eigenvalue weighted by atomic mass is 32.1. The number of carbonyl (C=O) groups excluding carboxylic acids is 1. The molecule has 25 heavy (non-hydrogen) atoms. The number of amides is 1. The normalized spacial score (nSPS) is 19.0. The van der Waals surface area contributed by atoms with Gasteiger partial charge in [0, 0.05) is 31.1 Å². The van der Waals surface area contributed by atoms with Gasteiger partial charge in [0.15, 0.2) is 0 Å². The van der Waals surface area contributed by atoms with Gasteiger partial charge in [-0.3, -0.25) is 4.79 Å². The molecular formula is C16H21F3N4OS. The minimum absolute atomic E-state index is 0.0375. The standard InChI is InChI=1S/C16H21F3N4OS/c1-10(8-14(22(2)21)16(17,18)19)12-5-6-13(25-12)15(24)23-7-3-4-11(20)9-23/h5-6,8,11H,1,3-4,7,9,20-21H2,2H3/b14-8-/t11-/m1/s1. The fourth-order valence-electron chi connectivity index (χ4n) is 2.60. The van der Waals surface area contributed by atoms with E-state index in [1.807, 2.05) is 0 Å². The zero-order valence-corrected chi connectivity index (χ0v) is 14.7. The van der Waals surface area contributed by atoms with Crippen LogP contribution in [-0.4, -0.2) is 48.2 Å². The van der Waals surface area contributed by atoms with E-state index in [9.17, 15) is 18.0 Å². The maximum atomic E-state index is 13.0. The summed E-state index contributed by atoms with van der Waals surface area (Å²) in [6.45, 7) is 4.79. The van der Waals surface area contributed by atoms with Crippen LogP contribution in [0, 0.1) is 0 Å². The summed E-state index contributed by atoms with van der Waals surface area (Å²) >= 11 is 1.11. The van der Waals surface area contributed by atoms with Gasteiger partial charge in [0.1, 0.15) is 5.70 Å². The van der Waals surface area contributed by atoms with E-state index < -0.39 is 11.9 Å². The van der Waals surface area contributed by atoms with Crippen LogP contribution in [0.4, 0.5) is 13.2 Å². The first-order chi connectivity index (χ1) is 11.6. The minimum Gasteiger partial charge on any atom is -0.336 e. The minimum atomic E-state index is -4.59. The second-order valence-corrected chi connectivity index (χ2v) is 7.06. The Kier molecular flexibility index (Phi) is 5.91. The largest absolute Gasteiger partial charge is 0.432 e. The summed E-state index contributed by atoms with van der Waals surface area (Å²) < 4.78 is 38.9. The molecule has 5 nitrogen and oxygen atoms in total. The van der Waals surface area contributed by atoms with Gasteiger partial charge in [-0.05, 0) is 36.6 Å². The molecule has 1 aliphatic heterocycles. The first kappa shape index (κ1) is 19.5. The molecule has 1 aliphatic rings. The monoisotopic (exact) mass is 374 g/mol. The van der Waals surface area contributed by atoms with Crippen LogP contribution < -0.4 is 11.6 Å². The number of likely N-dealkylation sites (tertiary alicyclic amines) is 1. The second-order valence-electron chi connectivity index (χ2n) is 5.98. The fraction of sp³-hybridized carbons (Fsp3) is 0.438. The molecule has 2 rings (SSSR count). The van der Waals surface area contributed by atoms with Crippen LogP contribution in [-0.2, 0) is 0 Å². The number of piperidine rings is 1. The van der Waals surface area contributed by atoms with Crippen molar-refractivity contribution in [2.45, 2.75) is 25.1 Å². The van der Waals surface area contributed by atoms with E-state index in [0.717, 1.165) is 37.3 Å². The van der Waals surface area contributed by atoms with Gasteiger partial charge in [0.25, 0.3) is 5.91 Å². The lowest BCUT2D eigenvalue weighted by Crippen LogP contribution is -2.45. The van der Waals surface area contributed by atoms with Gasteiger partial charge >= 0.3 is 6.18 Å². The number of rotatable bonds is 4. The Balaban J connectivity index is 2.17. The van der Waals surface area contributed by atoms with Crippen molar-refractivity contribution >= 4 is 22.8 Å². The maximum absolute atomic E-state index is 13.0. The quantitative estimate of drug-likeness (QED) is 0.483. The molecule has 0 radical (unpaired) electrons. The van der Waals surface area contributed by atoms with Crippen LogP contribution in [0.2, 0.25) is 0 Å². The van der Waals surface area contributed by atoms with E-state index in [1.165, 1.54) is 0 Å². The predicted molar refractivity (Wildman–Crippen MR) is 92.6 cm³/mol. The van der Waals surface area contributed by atoms with Gasteiger partial charge in [0.05, 0.1) is 4.88 Å². The highest BCUT2D eigenvalue weighted by Gasteiger charge is 2.36. The molecule has 1 aromatic rings. The molecule has 1 amide bonds. The number of halogens is 3. The van der Waals surface area contributed by atoms with Crippen molar-refractivity contribution in [1.29, 1.82) is 0 Å². The SMILES string of the molecule is C=C(/C=C(\N(C)N)C(F)(F)F)c1ccc(C(=O)N2CCC[C@@H](N)C2)s1. The van der Waals surface area contributed by atoms with Crippen LogP contribution in [0.5, 0.6) is 0 Å². The molecule has 1 saturated heterocycles. The molecule has 4 N–H and O–H groups in total. The lowest BCUT2D eigenvalue weighted by molar-refractivity contribution is -0.109. The topological polar surface area (TPSA) is 75.6 Å². The van der Waals surface area contributed by atoms with Crippen molar-refractivity contribution in [3.05, 3.63) is 40.2 Å². The number of allylic oxidation sites excluding steroid dienone is 3. The van der Waals surface area contributed by atoms with Crippen LogP contribution in [0.3, 0.4) is 0 Å². The molecule has 0 saturated carbocycles. The van der Waals surface area contributed by atoms with Crippen molar-refractivity contribution in [3.8, 4) is 0 Å². The van der Waals surface area contributed by atoms with E-state index in [0.29, 0.717) is 27.9 Å². The zero-order chi connectivity index (χ0) is 18.8. The molecule has 0 aliphatic carbocycles. The third-order valence-corrected chi connectivity index (χ3v) is 5.01. The van der Waals surface area contributed by atoms with E-state index in [1.54, 1.807) is 17.0 Å². The fourth-order valence-corrected chi connectivity index (χ4v) is 3.51. The number of hydrogen-bond donors (Lipinski definition) is 2. The lowest BCUT2D eigenvalue weighted by atomic mass is 10.1. The number of hydrogen-bond acceptors (Lipinski definition) is 5. The van der Waals surface area contributed by atoms with Gasteiger partial charge in [-0.2, -0.15) is 13.2 Å². The van der Waals surface area contributed by atoms with Crippen molar-refractivity contribution in [2.24, 2.45) is 11.6 Å². The first-order valence-corrected chi connectivity index (χ1v) is 8.52. The molecule has 0 spiro atoms. The van der Waals surface area contributed by atoms with Crippen molar-refractivity contribution in [1.82, 2.24) is 9.91 Å². The highest BCUT2D eigenvalue weighted by molar-refractivity contribution is 7.15. The number of alkyl halides is 3. The molecule has 0 unspecified atom stereocenters. The second kappa shape index (κ2) is 7.59. The number of thiophene rings is 1. The van der Waals surface area contributed by atoms with Gasteiger partial charge in [-0.1, -0.05) is 6.58 Å². The van der Waals surface area contributed by atoms with E-state index in [4.69, 9.17) is 11.6 Å². The van der Waals surface area contributed by atoms with E-state index in [2.05, 4.69) is 6.58 Å². The summed E-state index contributed by atoms with van der Waals surface area (Å²) in [6, 6.07) is 3.15. The molecule has 1 fully saturated rings. The number of carbonyl (C=O) groups is 1. The first-order valence-electron chi connectivity index (χ1n) is 7.71. The van der Waals surface area contributed by atoms with Gasteiger partial charge in [0.2, 0.25) is 0 Å². The molecular weight excluding hydrogens is 353 g/mol. The third kappa shape index (κ3) is 4.83. The Hall–Kier alpha value is -1.84. The molecule has 2 heterocycles. The number of nitrogens with two attached hydrogens (primary N) is 2. The van der Waals surface area contributed by atoms with Crippen LogP contribution in [0.1, 0.15) is 27.4 Å². The Bertz CT molecular complexity index is 681. The predicted octanol–water partition coefficient (Wildman–Crippen LogP) is 2.58. The van der Waals surface area contributed by atoms with Crippen LogP contribution in [0.15, 0.2) is 30.5 Å². The molecule has 0 bridgehead atoms. The van der Waals surface area contributed by atoms with Crippen molar-refractivity contribution in [3.63, 3.8) is 0 Å². The molecule has 138 valence electrons. The van der Waals surface area contributed by atoms with Crippen LogP contribution >= 0.6 is 11.3 Å². The smallest absolute Gasteiger partial charge is 0.336 e. The van der Waals surface area contributed by atoms with Crippen molar-refractivity contribution < 1.29 is 18.0 Å². The lowest BCUT2D eigenvalue weighted by Gasteiger charge is -2.30. The van der Waals surface area contributed by atoms with E-state index >= 15 is 0 Å². The molecule has 1 aromatic heterocycles. The third-order valence-electron chi connectivity index (χ3n) is 3.86. The van der Waals surface area contributed by atoms with Gasteiger partial charge in [-0.25, -0.2) is 5.84 Å². The van der Waals surface area contributed by atoms with E-state index in [-0.39, 0.29) is 17.5 Å². The van der Waals surface area contributed by atoms with Crippen molar-refractivity contribution in [2.75, 3.05) is 20.1 Å². The van der Waals surface area contributed by atoms with Gasteiger partial charge < -0.3 is 15.6 Å². The average molecular weight is 374 g/mol. The maximum Gasteiger partial charge on any atom is 0.432 e. The number of nitrogens with zero attached hydrogens (tertiary/aromatic N) is 2. The summed E-state index contributed by atoms with van der Waals surface area (Å²) in [4.78, 5) is 15.1. The summed E-state index contributed by atoms with van der Waals surface area (Å²) in [5.41, 5.74) is 5.01. The Morgan fingerprint density at radius 3 is 2.64 bits per heavy atom. The number of hydrazine groups is 1. The zero-order valence-electron chi connectivity index (χ0n) is 13.8. The summed E-state index contributed by atoms with van der Waals surface area (Å²) in [5, 5.41) is 0.500. The summed E-state index contributed by atoms with van der Waals surface area (Å²) in [7, 11) is 1.11. The van der Waals surface area contributed by atoms with Gasteiger partial charge in [-0.15, -0.1) is 11.3 Å². The Morgan fingerprint density at radius 2 is 2.08 bits per heavy atom. The molecule has 0 aromatic carbocycles. The molecule has 9 heteroatoms. The molecule has 1 atom stereocenters. The summed E-state index contributed by atoms with van der Waals surface area (Å²) in [6.07, 6.45) is -1.99. The Labute approximate surface area is 148 Å². The van der Waals surface area contributed by atoms with Crippen LogP contribution in [0.25, 0.3) is 5.57 Å². The Morgan fingerprint density at radius 1 is 1.44 bits per heavy atom.